The summed E-state index contributed by atoms with van der Waals surface area (Å²) in [6.07, 6.45) is 2.86. The molecule has 0 aliphatic rings. The Bertz CT molecular complexity index is 479. The summed E-state index contributed by atoms with van der Waals surface area (Å²) in [6.45, 7) is 0. The number of allylic oxidation sites excluding steroid dienone is 2. The number of carbonyl (C=O) groups is 2. The predicted molar refractivity (Wildman–Crippen MR) is 58.8 cm³/mol. The number of carbonyl (C=O) groups excluding carboxylic acids is 2. The summed E-state index contributed by atoms with van der Waals surface area (Å²) in [5.74, 6) is 2.20. The summed E-state index contributed by atoms with van der Waals surface area (Å²) in [6, 6.07) is 2.70. The number of pyridine rings is 1. The number of hydrogen-bond donors (Lipinski definition) is 0. The number of nitrogens with zero attached hydrogens (tertiary/aromatic N) is 3. The molecule has 0 aliphatic heterocycles. The zero-order valence-electron chi connectivity index (χ0n) is 10.0. The van der Waals surface area contributed by atoms with Crippen molar-refractivity contribution in [1.82, 2.24) is 4.98 Å². The second-order valence-corrected chi connectivity index (χ2v) is 2.71. The zero-order valence-corrected chi connectivity index (χ0v) is 14.0. The number of rotatable bonds is 4. The van der Waals surface area contributed by atoms with E-state index in [0.717, 1.165) is 12.2 Å². The van der Waals surface area contributed by atoms with Crippen LogP contribution in [0.15, 0.2) is 30.5 Å². The maximum absolute atomic E-state index is 11.2. The number of aromatic nitrogens is 1. The SMILES string of the molecule is [N-]=C=CC(=O)c1ccc(C(=O)C=C=[N-])nc1.[Na+].[Na+]. The fourth-order valence-electron chi connectivity index (χ4n) is 0.960. The number of ketones is 2. The maximum Gasteiger partial charge on any atom is 1.00 e. The molecule has 0 fully saturated rings. The molecule has 7 heteroatoms. The molecule has 0 amide bonds. The van der Waals surface area contributed by atoms with Crippen LogP contribution in [-0.2, 0) is 0 Å². The third-order valence-electron chi connectivity index (χ3n) is 1.69. The van der Waals surface area contributed by atoms with Crippen molar-refractivity contribution in [1.29, 1.82) is 0 Å². The maximum atomic E-state index is 11.2. The molecular formula is C11H5N3Na2O2. The Labute approximate surface area is 148 Å². The topological polar surface area (TPSA) is 91.6 Å². The Balaban J connectivity index is 0. The van der Waals surface area contributed by atoms with E-state index >= 15 is 0 Å². The molecule has 18 heavy (non-hydrogen) atoms. The second kappa shape index (κ2) is 10.3. The van der Waals surface area contributed by atoms with Crippen LogP contribution in [0.25, 0.3) is 10.8 Å². The van der Waals surface area contributed by atoms with Gasteiger partial charge in [0.1, 0.15) is 5.69 Å². The van der Waals surface area contributed by atoms with Crippen molar-refractivity contribution in [2.45, 2.75) is 0 Å². The van der Waals surface area contributed by atoms with Crippen LogP contribution >= 0.6 is 0 Å². The molecule has 0 atom stereocenters. The van der Waals surface area contributed by atoms with Gasteiger partial charge in [0.2, 0.25) is 5.78 Å². The van der Waals surface area contributed by atoms with Crippen LogP contribution in [0.3, 0.4) is 0 Å². The van der Waals surface area contributed by atoms with Crippen molar-refractivity contribution in [3.63, 3.8) is 0 Å². The van der Waals surface area contributed by atoms with Gasteiger partial charge in [-0.2, -0.15) is 0 Å². The van der Waals surface area contributed by atoms with Crippen molar-refractivity contribution >= 4 is 23.3 Å². The first-order valence-corrected chi connectivity index (χ1v) is 4.19. The van der Waals surface area contributed by atoms with Gasteiger partial charge in [-0.05, 0) is 12.1 Å². The first-order valence-electron chi connectivity index (χ1n) is 4.19. The summed E-state index contributed by atoms with van der Waals surface area (Å²) >= 11 is 0. The normalized spacial score (nSPS) is 7.56. The van der Waals surface area contributed by atoms with E-state index in [4.69, 9.17) is 10.8 Å². The molecule has 1 heterocycles. The monoisotopic (exact) mass is 257 g/mol. The molecule has 0 bridgehead atoms. The van der Waals surface area contributed by atoms with Gasteiger partial charge < -0.3 is 10.8 Å². The average Bonchev–Trinajstić information content (AvgIpc) is 2.30. The molecule has 1 aromatic rings. The molecule has 78 valence electrons. The Hall–Kier alpha value is -0.610. The fourth-order valence-corrected chi connectivity index (χ4v) is 0.960. The van der Waals surface area contributed by atoms with Crippen LogP contribution in [0, 0.1) is 0 Å². The van der Waals surface area contributed by atoms with Crippen molar-refractivity contribution in [3.8, 4) is 0 Å². The van der Waals surface area contributed by atoms with Crippen LogP contribution < -0.4 is 59.1 Å². The molecule has 5 nitrogen and oxygen atoms in total. The first-order chi connectivity index (χ1) is 7.69. The molecule has 0 saturated carbocycles. The Kier molecular flexibility index (Phi) is 11.3. The molecule has 0 saturated heterocycles. The van der Waals surface area contributed by atoms with Gasteiger partial charge in [0, 0.05) is 23.9 Å². The van der Waals surface area contributed by atoms with E-state index in [1.165, 1.54) is 18.3 Å². The van der Waals surface area contributed by atoms with Crippen LogP contribution in [0.2, 0.25) is 0 Å². The van der Waals surface area contributed by atoms with Crippen LogP contribution in [0.1, 0.15) is 20.8 Å². The summed E-state index contributed by atoms with van der Waals surface area (Å²) in [7, 11) is 0. The molecule has 0 aromatic carbocycles. The van der Waals surface area contributed by atoms with Gasteiger partial charge in [-0.15, -0.1) is 0 Å². The van der Waals surface area contributed by atoms with E-state index in [-0.39, 0.29) is 70.4 Å². The van der Waals surface area contributed by atoms with Gasteiger partial charge >= 0.3 is 59.1 Å². The van der Waals surface area contributed by atoms with Crippen molar-refractivity contribution in [3.05, 3.63) is 52.6 Å². The molecular weight excluding hydrogens is 252 g/mol. The Morgan fingerprint density at radius 3 is 2.06 bits per heavy atom. The summed E-state index contributed by atoms with van der Waals surface area (Å²) in [5.41, 5.74) is 0.296. The van der Waals surface area contributed by atoms with E-state index in [1.54, 1.807) is 11.7 Å². The number of hydrogen-bond acceptors (Lipinski definition) is 3. The second-order valence-electron chi connectivity index (χ2n) is 2.71. The molecule has 1 rings (SSSR count). The predicted octanol–water partition coefficient (Wildman–Crippen LogP) is -4.95. The quantitative estimate of drug-likeness (QED) is 0.234. The Morgan fingerprint density at radius 1 is 1.06 bits per heavy atom. The van der Waals surface area contributed by atoms with Gasteiger partial charge in [-0.3, -0.25) is 26.3 Å². The molecule has 0 aliphatic carbocycles. The van der Waals surface area contributed by atoms with Crippen LogP contribution in [-0.4, -0.2) is 28.3 Å². The van der Waals surface area contributed by atoms with Crippen LogP contribution in [0.5, 0.6) is 0 Å². The van der Waals surface area contributed by atoms with Gasteiger partial charge in [0.15, 0.2) is 5.78 Å². The van der Waals surface area contributed by atoms with E-state index in [9.17, 15) is 9.59 Å². The largest absolute Gasteiger partial charge is 1.00 e. The minimum Gasteiger partial charge on any atom is -0.763 e. The molecule has 0 spiro atoms. The van der Waals surface area contributed by atoms with Gasteiger partial charge in [-0.1, -0.05) is 0 Å². The molecule has 0 unspecified atom stereocenters. The summed E-state index contributed by atoms with van der Waals surface area (Å²) < 4.78 is 0. The fraction of sp³-hybridized carbons (Fsp3) is 0. The van der Waals surface area contributed by atoms with Crippen molar-refractivity contribution in [2.24, 2.45) is 0 Å². The molecule has 0 N–H and O–H groups in total. The standard InChI is InChI=1S/C11H5N3O2.2Na/c12-5-3-10(15)8-1-2-9(14-7-8)11(16)4-6-13;;/h1-4,7H;;/q-2;2*+1. The van der Waals surface area contributed by atoms with Crippen LogP contribution in [0.4, 0.5) is 0 Å². The average molecular weight is 257 g/mol. The van der Waals surface area contributed by atoms with E-state index < -0.39 is 11.6 Å². The summed E-state index contributed by atoms with van der Waals surface area (Å²) in [5, 5.41) is 16.5. The smallest absolute Gasteiger partial charge is 0.763 e. The molecule has 0 radical (unpaired) electrons. The Morgan fingerprint density at radius 2 is 1.61 bits per heavy atom. The molecule has 1 aromatic heterocycles. The van der Waals surface area contributed by atoms with Crippen molar-refractivity contribution < 1.29 is 68.7 Å². The van der Waals surface area contributed by atoms with E-state index in [2.05, 4.69) is 4.98 Å². The van der Waals surface area contributed by atoms with Gasteiger partial charge in [0.25, 0.3) is 0 Å². The zero-order chi connectivity index (χ0) is 12.0. The first kappa shape index (κ1) is 19.7. The minimum absolute atomic E-state index is 0. The third-order valence-corrected chi connectivity index (χ3v) is 1.69. The summed E-state index contributed by atoms with van der Waals surface area (Å²) in [4.78, 5) is 26.1. The van der Waals surface area contributed by atoms with Crippen molar-refractivity contribution in [2.75, 3.05) is 0 Å². The van der Waals surface area contributed by atoms with E-state index in [1.807, 2.05) is 0 Å². The third kappa shape index (κ3) is 5.83. The van der Waals surface area contributed by atoms with Gasteiger partial charge in [0.05, 0.1) is 0 Å². The van der Waals surface area contributed by atoms with Gasteiger partial charge in [-0.25, -0.2) is 0 Å². The van der Waals surface area contributed by atoms with E-state index in [0.29, 0.717) is 0 Å². The minimum atomic E-state index is -0.522.